The number of anilines is 1. The summed E-state index contributed by atoms with van der Waals surface area (Å²) in [5.74, 6) is 0.846. The van der Waals surface area contributed by atoms with Crippen LogP contribution in [0.15, 0.2) is 59.0 Å². The molecule has 0 atom stereocenters. The summed E-state index contributed by atoms with van der Waals surface area (Å²) in [7, 11) is -3.23. The van der Waals surface area contributed by atoms with Crippen LogP contribution < -0.4 is 5.32 Å². The molecule has 7 heteroatoms. The van der Waals surface area contributed by atoms with E-state index in [1.165, 1.54) is 0 Å². The standard InChI is InChI=1S/C23H24N2O4S/c1-15(2)30(27,28)14-16-7-6-10-19(13-16)24-22(26)20-21(17-11-12-17)29-23(25-20)18-8-4-3-5-9-18/h3-10,13,15,17H,11-12,14H2,1-2H3,(H,24,26). The van der Waals surface area contributed by atoms with Gasteiger partial charge in [0.25, 0.3) is 5.91 Å². The van der Waals surface area contributed by atoms with Gasteiger partial charge < -0.3 is 9.73 Å². The molecule has 0 saturated heterocycles. The molecule has 0 bridgehead atoms. The van der Waals surface area contributed by atoms with Crippen LogP contribution >= 0.6 is 0 Å². The third-order valence-electron chi connectivity index (χ3n) is 5.11. The number of nitrogens with zero attached hydrogens (tertiary/aromatic N) is 1. The first kappa shape index (κ1) is 20.3. The lowest BCUT2D eigenvalue weighted by Gasteiger charge is -2.10. The molecule has 4 rings (SSSR count). The summed E-state index contributed by atoms with van der Waals surface area (Å²) in [6, 6.07) is 16.4. The van der Waals surface area contributed by atoms with E-state index in [-0.39, 0.29) is 23.3 Å². The Morgan fingerprint density at radius 2 is 1.87 bits per heavy atom. The third kappa shape index (κ3) is 4.46. The molecule has 6 nitrogen and oxygen atoms in total. The first-order chi connectivity index (χ1) is 14.3. The van der Waals surface area contributed by atoms with Crippen molar-refractivity contribution in [2.24, 2.45) is 0 Å². The Bertz CT molecular complexity index is 1160. The van der Waals surface area contributed by atoms with Crippen molar-refractivity contribution in [2.45, 2.75) is 43.6 Å². The first-order valence-corrected chi connectivity index (χ1v) is 11.7. The van der Waals surface area contributed by atoms with Crippen molar-refractivity contribution < 1.29 is 17.6 Å². The van der Waals surface area contributed by atoms with Gasteiger partial charge in [0, 0.05) is 17.2 Å². The van der Waals surface area contributed by atoms with Crippen LogP contribution in [-0.4, -0.2) is 24.6 Å². The Morgan fingerprint density at radius 1 is 1.13 bits per heavy atom. The number of nitrogens with one attached hydrogen (secondary N) is 1. The zero-order valence-corrected chi connectivity index (χ0v) is 17.8. The monoisotopic (exact) mass is 424 g/mol. The fourth-order valence-corrected chi connectivity index (χ4v) is 4.13. The molecule has 0 aliphatic heterocycles. The highest BCUT2D eigenvalue weighted by atomic mass is 32.2. The van der Waals surface area contributed by atoms with Gasteiger partial charge in [0.15, 0.2) is 15.5 Å². The van der Waals surface area contributed by atoms with Gasteiger partial charge in [-0.05, 0) is 56.5 Å². The molecule has 1 aliphatic rings. The van der Waals surface area contributed by atoms with Gasteiger partial charge in [0.1, 0.15) is 5.76 Å². The van der Waals surface area contributed by atoms with E-state index in [2.05, 4.69) is 10.3 Å². The van der Waals surface area contributed by atoms with Gasteiger partial charge in [0.05, 0.1) is 11.0 Å². The lowest BCUT2D eigenvalue weighted by Crippen LogP contribution is -2.17. The number of hydrogen-bond donors (Lipinski definition) is 1. The molecule has 1 fully saturated rings. The summed E-state index contributed by atoms with van der Waals surface area (Å²) in [6.45, 7) is 3.32. The van der Waals surface area contributed by atoms with E-state index >= 15 is 0 Å². The van der Waals surface area contributed by atoms with Crippen molar-refractivity contribution in [3.8, 4) is 11.5 Å². The Kier molecular flexibility index (Phi) is 5.47. The van der Waals surface area contributed by atoms with Crippen molar-refractivity contribution in [3.05, 3.63) is 71.6 Å². The minimum atomic E-state index is -3.23. The molecule has 1 aromatic heterocycles. The van der Waals surface area contributed by atoms with E-state index in [4.69, 9.17) is 4.42 Å². The van der Waals surface area contributed by atoms with E-state index < -0.39 is 15.1 Å². The van der Waals surface area contributed by atoms with Gasteiger partial charge in [-0.3, -0.25) is 4.79 Å². The van der Waals surface area contributed by atoms with Crippen molar-refractivity contribution in [3.63, 3.8) is 0 Å². The Labute approximate surface area is 176 Å². The number of benzene rings is 2. The molecule has 0 spiro atoms. The largest absolute Gasteiger partial charge is 0.440 e. The molecule has 1 saturated carbocycles. The molecular formula is C23H24N2O4S. The average molecular weight is 425 g/mol. The van der Waals surface area contributed by atoms with Gasteiger partial charge in [-0.2, -0.15) is 0 Å². The van der Waals surface area contributed by atoms with Crippen LogP contribution in [0.1, 0.15) is 54.4 Å². The van der Waals surface area contributed by atoms with Crippen molar-refractivity contribution in [1.29, 1.82) is 0 Å². The van der Waals surface area contributed by atoms with E-state index in [0.717, 1.165) is 18.4 Å². The number of rotatable bonds is 7. The lowest BCUT2D eigenvalue weighted by molar-refractivity contribution is 0.102. The molecule has 3 aromatic rings. The Hall–Kier alpha value is -2.93. The summed E-state index contributed by atoms with van der Waals surface area (Å²) in [6.07, 6.45) is 1.96. The number of oxazole rings is 1. The van der Waals surface area contributed by atoms with Gasteiger partial charge in [-0.15, -0.1) is 0 Å². The lowest BCUT2D eigenvalue weighted by atomic mass is 10.2. The summed E-state index contributed by atoms with van der Waals surface area (Å²) < 4.78 is 30.4. The maximum atomic E-state index is 13.0. The van der Waals surface area contributed by atoms with Crippen LogP contribution in [0.3, 0.4) is 0 Å². The second kappa shape index (κ2) is 8.07. The van der Waals surface area contributed by atoms with E-state index in [0.29, 0.717) is 22.9 Å². The summed E-state index contributed by atoms with van der Waals surface area (Å²) in [5, 5.41) is 2.39. The minimum absolute atomic E-state index is 0.0657. The van der Waals surface area contributed by atoms with E-state index in [9.17, 15) is 13.2 Å². The first-order valence-electron chi connectivity index (χ1n) is 10.0. The molecule has 1 N–H and O–H groups in total. The number of aromatic nitrogens is 1. The van der Waals surface area contributed by atoms with Crippen LogP contribution in [0.2, 0.25) is 0 Å². The van der Waals surface area contributed by atoms with Crippen molar-refractivity contribution >= 4 is 21.4 Å². The van der Waals surface area contributed by atoms with Crippen molar-refractivity contribution in [1.82, 2.24) is 4.98 Å². The molecule has 1 heterocycles. The number of carbonyl (C=O) groups excluding carboxylic acids is 1. The highest BCUT2D eigenvalue weighted by molar-refractivity contribution is 7.91. The van der Waals surface area contributed by atoms with Crippen LogP contribution in [-0.2, 0) is 15.6 Å². The van der Waals surface area contributed by atoms with Crippen LogP contribution in [0.5, 0.6) is 0 Å². The molecule has 156 valence electrons. The molecule has 2 aromatic carbocycles. The maximum Gasteiger partial charge on any atom is 0.277 e. The average Bonchev–Trinajstić information content (AvgIpc) is 3.46. The number of hydrogen-bond acceptors (Lipinski definition) is 5. The van der Waals surface area contributed by atoms with Crippen LogP contribution in [0.4, 0.5) is 5.69 Å². The third-order valence-corrected chi connectivity index (χ3v) is 7.28. The fraction of sp³-hybridized carbons (Fsp3) is 0.304. The van der Waals surface area contributed by atoms with Crippen LogP contribution in [0.25, 0.3) is 11.5 Å². The van der Waals surface area contributed by atoms with Gasteiger partial charge in [0.2, 0.25) is 5.89 Å². The fourth-order valence-electron chi connectivity index (χ4n) is 3.15. The number of carbonyl (C=O) groups is 1. The normalized spacial score (nSPS) is 14.1. The highest BCUT2D eigenvalue weighted by Gasteiger charge is 2.34. The molecule has 1 aliphatic carbocycles. The molecule has 0 unspecified atom stereocenters. The van der Waals surface area contributed by atoms with Gasteiger partial charge in [-0.25, -0.2) is 13.4 Å². The summed E-state index contributed by atoms with van der Waals surface area (Å²) >= 11 is 0. The van der Waals surface area contributed by atoms with E-state index in [1.807, 2.05) is 30.3 Å². The predicted molar refractivity (Wildman–Crippen MR) is 116 cm³/mol. The second-order valence-corrected chi connectivity index (χ2v) is 10.4. The summed E-state index contributed by atoms with van der Waals surface area (Å²) in [4.78, 5) is 17.4. The second-order valence-electron chi connectivity index (χ2n) is 7.88. The number of sulfone groups is 1. The zero-order chi connectivity index (χ0) is 21.3. The maximum absolute atomic E-state index is 13.0. The van der Waals surface area contributed by atoms with Crippen LogP contribution in [0, 0.1) is 0 Å². The van der Waals surface area contributed by atoms with Crippen molar-refractivity contribution in [2.75, 3.05) is 5.32 Å². The molecule has 0 radical (unpaired) electrons. The van der Waals surface area contributed by atoms with Gasteiger partial charge >= 0.3 is 0 Å². The highest BCUT2D eigenvalue weighted by Crippen LogP contribution is 2.43. The minimum Gasteiger partial charge on any atom is -0.440 e. The quantitative estimate of drug-likeness (QED) is 0.589. The van der Waals surface area contributed by atoms with E-state index in [1.54, 1.807) is 38.1 Å². The SMILES string of the molecule is CC(C)S(=O)(=O)Cc1cccc(NC(=O)c2nc(-c3ccccc3)oc2C2CC2)c1. The summed E-state index contributed by atoms with van der Waals surface area (Å²) in [5.41, 5.74) is 2.27. The zero-order valence-electron chi connectivity index (χ0n) is 17.0. The Morgan fingerprint density at radius 3 is 2.53 bits per heavy atom. The van der Waals surface area contributed by atoms with Gasteiger partial charge in [-0.1, -0.05) is 30.3 Å². The Balaban J connectivity index is 1.57. The topological polar surface area (TPSA) is 89.3 Å². The predicted octanol–water partition coefficient (Wildman–Crippen LogP) is 4.79. The molecular weight excluding hydrogens is 400 g/mol. The smallest absolute Gasteiger partial charge is 0.277 e. The number of amides is 1. The molecule has 1 amide bonds. The molecule has 30 heavy (non-hydrogen) atoms.